The van der Waals surface area contributed by atoms with Crippen LogP contribution in [-0.2, 0) is 14.3 Å². The van der Waals surface area contributed by atoms with Gasteiger partial charge >= 0.3 is 5.97 Å². The number of para-hydroxylation sites is 1. The fourth-order valence-electron chi connectivity index (χ4n) is 5.66. The molecule has 2 heterocycles. The van der Waals surface area contributed by atoms with Gasteiger partial charge in [0.15, 0.2) is 12.4 Å². The van der Waals surface area contributed by atoms with Crippen LogP contribution in [0.15, 0.2) is 77.3 Å². The van der Waals surface area contributed by atoms with Crippen LogP contribution in [0.5, 0.6) is 0 Å². The molecule has 0 spiro atoms. The lowest BCUT2D eigenvalue weighted by Crippen LogP contribution is -2.30. The Hall–Kier alpha value is -3.88. The third-order valence-electron chi connectivity index (χ3n) is 7.77. The highest BCUT2D eigenvalue weighted by atomic mass is 79.9. The number of imide groups is 1. The van der Waals surface area contributed by atoms with Crippen molar-refractivity contribution < 1.29 is 23.9 Å². The Morgan fingerprint density at radius 2 is 1.59 bits per heavy atom. The number of ether oxygens (including phenoxy) is 1. The van der Waals surface area contributed by atoms with Gasteiger partial charge in [-0.2, -0.15) is 0 Å². The quantitative estimate of drug-likeness (QED) is 0.129. The van der Waals surface area contributed by atoms with Gasteiger partial charge in [0.2, 0.25) is 11.8 Å². The molecule has 0 N–H and O–H groups in total. The zero-order valence-corrected chi connectivity index (χ0v) is 24.2. The van der Waals surface area contributed by atoms with E-state index >= 15 is 0 Å². The molecule has 1 saturated carbocycles. The number of hydrogen-bond donors (Lipinski definition) is 0. The van der Waals surface area contributed by atoms with E-state index in [4.69, 9.17) is 21.3 Å². The smallest absolute Gasteiger partial charge is 0.339 e. The number of rotatable bonds is 6. The van der Waals surface area contributed by atoms with E-state index in [-0.39, 0.29) is 35.0 Å². The van der Waals surface area contributed by atoms with Gasteiger partial charge in [0.1, 0.15) is 0 Å². The molecule has 0 radical (unpaired) electrons. The monoisotopic (exact) mass is 630 g/mol. The molecule has 9 heteroatoms. The lowest BCUT2D eigenvalue weighted by molar-refractivity contribution is -0.122. The molecule has 2 atom stereocenters. The van der Waals surface area contributed by atoms with Crippen molar-refractivity contribution in [2.45, 2.75) is 25.7 Å². The van der Waals surface area contributed by atoms with Crippen molar-refractivity contribution in [3.05, 3.63) is 93.4 Å². The zero-order chi connectivity index (χ0) is 28.7. The predicted octanol–water partition coefficient (Wildman–Crippen LogP) is 7.04. The van der Waals surface area contributed by atoms with Crippen LogP contribution in [0.2, 0.25) is 5.02 Å². The number of carbonyl (C=O) groups excluding carboxylic acids is 4. The van der Waals surface area contributed by atoms with E-state index in [0.717, 1.165) is 30.2 Å². The highest BCUT2D eigenvalue weighted by molar-refractivity contribution is 9.10. The maximum Gasteiger partial charge on any atom is 0.339 e. The number of nitrogens with zero attached hydrogens (tertiary/aromatic N) is 2. The van der Waals surface area contributed by atoms with Crippen molar-refractivity contribution >= 4 is 67.7 Å². The van der Waals surface area contributed by atoms with Crippen LogP contribution in [0.1, 0.15) is 46.4 Å². The molecule has 1 aromatic heterocycles. The highest BCUT2D eigenvalue weighted by Gasteiger charge is 2.48. The normalized spacial score (nSPS) is 18.4. The molecule has 2 fully saturated rings. The molecule has 0 unspecified atom stereocenters. The summed E-state index contributed by atoms with van der Waals surface area (Å²) in [6.45, 7) is -0.422. The second-order valence-electron chi connectivity index (χ2n) is 10.3. The Morgan fingerprint density at radius 1 is 0.927 bits per heavy atom. The van der Waals surface area contributed by atoms with E-state index in [9.17, 15) is 19.2 Å². The largest absolute Gasteiger partial charge is 0.454 e. The average molecular weight is 632 g/mol. The Morgan fingerprint density at radius 3 is 2.24 bits per heavy atom. The third kappa shape index (κ3) is 5.18. The van der Waals surface area contributed by atoms with E-state index in [1.165, 1.54) is 4.90 Å². The lowest BCUT2D eigenvalue weighted by atomic mass is 9.81. The molecule has 1 aliphatic heterocycles. The number of ketones is 1. The molecule has 2 aliphatic rings. The first-order chi connectivity index (χ1) is 19.8. The van der Waals surface area contributed by atoms with Crippen LogP contribution in [-0.4, -0.2) is 35.2 Å². The summed E-state index contributed by atoms with van der Waals surface area (Å²) in [5, 5.41) is 0.853. The minimum atomic E-state index is -0.682. The summed E-state index contributed by atoms with van der Waals surface area (Å²) in [5.74, 6) is -1.74. The Bertz CT molecular complexity index is 1680. The number of anilines is 1. The molecule has 0 bridgehead atoms. The Kier molecular flexibility index (Phi) is 7.45. The van der Waals surface area contributed by atoms with Crippen LogP contribution in [0.25, 0.3) is 22.2 Å². The molecular formula is C32H24BrClN2O5. The van der Waals surface area contributed by atoms with Gasteiger partial charge in [-0.3, -0.25) is 19.3 Å². The third-order valence-corrected chi connectivity index (χ3v) is 8.61. The summed E-state index contributed by atoms with van der Waals surface area (Å²) in [5.41, 5.74) is 2.69. The van der Waals surface area contributed by atoms with Crippen LogP contribution in [0.3, 0.4) is 0 Å². The number of pyridine rings is 1. The van der Waals surface area contributed by atoms with E-state index in [2.05, 4.69) is 15.9 Å². The fourth-order valence-corrected chi connectivity index (χ4v) is 6.14. The number of halogens is 2. The van der Waals surface area contributed by atoms with Crippen molar-refractivity contribution in [2.24, 2.45) is 11.8 Å². The van der Waals surface area contributed by atoms with E-state index in [0.29, 0.717) is 38.4 Å². The first-order valence-electron chi connectivity index (χ1n) is 13.4. The average Bonchev–Trinajstić information content (AvgIpc) is 3.25. The minimum absolute atomic E-state index is 0.134. The first kappa shape index (κ1) is 27.3. The molecule has 2 amide bonds. The summed E-state index contributed by atoms with van der Waals surface area (Å²) in [4.78, 5) is 57.9. The molecule has 6 rings (SSSR count). The van der Waals surface area contributed by atoms with Crippen LogP contribution in [0.4, 0.5) is 5.69 Å². The minimum Gasteiger partial charge on any atom is -0.454 e. The number of Topliss-reactive ketones (excluding diaryl/α,β-unsaturated/α-hetero) is 1. The SMILES string of the molecule is O=C(COC(=O)c1cc(-c2ccc(N3C(=O)[C@H]4CCCC[C@@H]4C3=O)cc2)nc2c(Cl)cccc12)c1ccc(Br)cc1. The number of fused-ring (bicyclic) bond motifs is 2. The van der Waals surface area contributed by atoms with Crippen molar-refractivity contribution in [3.8, 4) is 11.3 Å². The van der Waals surface area contributed by atoms with Crippen molar-refractivity contribution in [1.29, 1.82) is 0 Å². The van der Waals surface area contributed by atoms with Crippen molar-refractivity contribution in [3.63, 3.8) is 0 Å². The van der Waals surface area contributed by atoms with E-state index in [1.54, 1.807) is 72.8 Å². The molecule has 4 aromatic rings. The molecule has 41 heavy (non-hydrogen) atoms. The van der Waals surface area contributed by atoms with Gasteiger partial charge in [0.05, 0.1) is 39.3 Å². The van der Waals surface area contributed by atoms with Crippen LogP contribution < -0.4 is 4.90 Å². The summed E-state index contributed by atoms with van der Waals surface area (Å²) in [6.07, 6.45) is 3.43. The Balaban J connectivity index is 1.28. The second-order valence-corrected chi connectivity index (χ2v) is 11.6. The first-order valence-corrected chi connectivity index (χ1v) is 14.5. The van der Waals surface area contributed by atoms with Gasteiger partial charge in [-0.1, -0.05) is 76.8 Å². The maximum atomic E-state index is 13.2. The fraction of sp³-hybridized carbons (Fsp3) is 0.219. The number of benzene rings is 3. The van der Waals surface area contributed by atoms with Crippen LogP contribution in [0, 0.1) is 11.8 Å². The maximum absolute atomic E-state index is 13.2. The number of aromatic nitrogens is 1. The highest BCUT2D eigenvalue weighted by Crippen LogP contribution is 2.40. The summed E-state index contributed by atoms with van der Waals surface area (Å²) in [6, 6.07) is 20.5. The van der Waals surface area contributed by atoms with Crippen molar-refractivity contribution in [1.82, 2.24) is 4.98 Å². The standard InChI is InChI=1S/C32H24BrClN2O5/c33-20-12-8-19(9-13-20)28(37)17-41-32(40)25-16-27(35-29-22(25)6-3-7-26(29)34)18-10-14-21(15-11-18)36-30(38)23-4-1-2-5-24(23)31(36)39/h3,6-16,23-24H,1-2,4-5,17H2/t23-,24-/m0/s1. The van der Waals surface area contributed by atoms with Gasteiger partial charge in [-0.25, -0.2) is 9.78 Å². The topological polar surface area (TPSA) is 93.6 Å². The second kappa shape index (κ2) is 11.2. The number of hydrogen-bond acceptors (Lipinski definition) is 6. The van der Waals surface area contributed by atoms with E-state index in [1.807, 2.05) is 0 Å². The molecule has 1 aliphatic carbocycles. The predicted molar refractivity (Wildman–Crippen MR) is 159 cm³/mol. The molecule has 1 saturated heterocycles. The number of carbonyl (C=O) groups is 4. The van der Waals surface area contributed by atoms with Gasteiger partial charge in [0, 0.05) is 21.0 Å². The summed E-state index contributed by atoms with van der Waals surface area (Å²) < 4.78 is 6.25. The molecule has 7 nitrogen and oxygen atoms in total. The van der Waals surface area contributed by atoms with Gasteiger partial charge in [0.25, 0.3) is 0 Å². The lowest BCUT2D eigenvalue weighted by Gasteiger charge is -2.19. The van der Waals surface area contributed by atoms with Crippen molar-refractivity contribution in [2.75, 3.05) is 11.5 Å². The van der Waals surface area contributed by atoms with Gasteiger partial charge in [-0.15, -0.1) is 0 Å². The molecule has 206 valence electrons. The van der Waals surface area contributed by atoms with E-state index < -0.39 is 12.6 Å². The summed E-state index contributed by atoms with van der Waals surface area (Å²) >= 11 is 9.80. The van der Waals surface area contributed by atoms with Gasteiger partial charge in [-0.05, 0) is 49.2 Å². The zero-order valence-electron chi connectivity index (χ0n) is 21.8. The molecule has 3 aromatic carbocycles. The summed E-state index contributed by atoms with van der Waals surface area (Å²) in [7, 11) is 0. The van der Waals surface area contributed by atoms with Crippen LogP contribution >= 0.6 is 27.5 Å². The molecular weight excluding hydrogens is 608 g/mol. The van der Waals surface area contributed by atoms with Gasteiger partial charge < -0.3 is 4.74 Å². The number of esters is 1. The number of amides is 2. The Labute approximate surface area is 249 Å².